The predicted molar refractivity (Wildman–Crippen MR) is 115 cm³/mol. The summed E-state index contributed by atoms with van der Waals surface area (Å²) in [6.07, 6.45) is 2.11. The number of methoxy groups -OCH3 is 1. The number of rotatable bonds is 4. The van der Waals surface area contributed by atoms with Gasteiger partial charge in [0, 0.05) is 25.2 Å². The van der Waals surface area contributed by atoms with Crippen molar-refractivity contribution in [1.82, 2.24) is 4.90 Å². The SMILES string of the molecule is COc1ccc(N2CC(C(=O)N3CCCC3c3ccc4c(c3)OCCO4)CC2=O)cc1. The molecule has 2 atom stereocenters. The van der Waals surface area contributed by atoms with Gasteiger partial charge >= 0.3 is 0 Å². The van der Waals surface area contributed by atoms with Gasteiger partial charge in [0.15, 0.2) is 11.5 Å². The van der Waals surface area contributed by atoms with E-state index in [9.17, 15) is 9.59 Å². The highest BCUT2D eigenvalue weighted by Gasteiger charge is 2.40. The van der Waals surface area contributed by atoms with Crippen molar-refractivity contribution in [3.8, 4) is 17.2 Å². The number of hydrogen-bond donors (Lipinski definition) is 0. The van der Waals surface area contributed by atoms with Gasteiger partial charge in [-0.05, 0) is 54.8 Å². The van der Waals surface area contributed by atoms with Gasteiger partial charge in [0.05, 0.1) is 19.1 Å². The first kappa shape index (κ1) is 19.7. The van der Waals surface area contributed by atoms with Crippen LogP contribution in [0.2, 0.25) is 0 Å². The van der Waals surface area contributed by atoms with Crippen LogP contribution in [0.3, 0.4) is 0 Å². The first-order chi connectivity index (χ1) is 15.1. The second kappa shape index (κ2) is 8.13. The average Bonchev–Trinajstić information content (AvgIpc) is 3.45. The smallest absolute Gasteiger partial charge is 0.228 e. The molecule has 2 aromatic carbocycles. The predicted octanol–water partition coefficient (Wildman–Crippen LogP) is 3.18. The highest BCUT2D eigenvalue weighted by Crippen LogP contribution is 2.39. The van der Waals surface area contributed by atoms with Crippen LogP contribution in [0.1, 0.15) is 30.9 Å². The average molecular weight is 422 g/mol. The molecule has 0 aromatic heterocycles. The van der Waals surface area contributed by atoms with Crippen molar-refractivity contribution in [2.75, 3.05) is 38.3 Å². The summed E-state index contributed by atoms with van der Waals surface area (Å²) in [4.78, 5) is 29.7. The molecule has 2 aromatic rings. The lowest BCUT2D eigenvalue weighted by molar-refractivity contribution is -0.136. The van der Waals surface area contributed by atoms with E-state index in [1.807, 2.05) is 47.4 Å². The number of likely N-dealkylation sites (tertiary alicyclic amines) is 1. The van der Waals surface area contributed by atoms with Crippen LogP contribution in [0, 0.1) is 5.92 Å². The van der Waals surface area contributed by atoms with E-state index >= 15 is 0 Å². The van der Waals surface area contributed by atoms with Crippen molar-refractivity contribution >= 4 is 17.5 Å². The van der Waals surface area contributed by atoms with E-state index in [1.165, 1.54) is 0 Å². The molecule has 2 amide bonds. The number of amides is 2. The summed E-state index contributed by atoms with van der Waals surface area (Å²) >= 11 is 0. The molecule has 3 aliphatic rings. The highest BCUT2D eigenvalue weighted by molar-refractivity contribution is 6.00. The largest absolute Gasteiger partial charge is 0.497 e. The maximum Gasteiger partial charge on any atom is 0.228 e. The van der Waals surface area contributed by atoms with Crippen molar-refractivity contribution in [1.29, 1.82) is 0 Å². The van der Waals surface area contributed by atoms with Crippen LogP contribution in [0.5, 0.6) is 17.2 Å². The van der Waals surface area contributed by atoms with E-state index in [2.05, 4.69) is 0 Å². The zero-order valence-electron chi connectivity index (χ0n) is 17.6. The lowest BCUT2D eigenvalue weighted by atomic mass is 10.0. The van der Waals surface area contributed by atoms with Gasteiger partial charge in [0.25, 0.3) is 0 Å². The second-order valence-electron chi connectivity index (χ2n) is 8.20. The lowest BCUT2D eigenvalue weighted by Gasteiger charge is -2.28. The number of nitrogens with zero attached hydrogens (tertiary/aromatic N) is 2. The van der Waals surface area contributed by atoms with E-state index in [-0.39, 0.29) is 30.2 Å². The second-order valence-corrected chi connectivity index (χ2v) is 8.20. The van der Waals surface area contributed by atoms with Crippen molar-refractivity contribution in [3.63, 3.8) is 0 Å². The fourth-order valence-electron chi connectivity index (χ4n) is 4.76. The third-order valence-electron chi connectivity index (χ3n) is 6.35. The Balaban J connectivity index is 1.31. The Kier molecular flexibility index (Phi) is 5.18. The lowest BCUT2D eigenvalue weighted by Crippen LogP contribution is -2.37. The molecule has 3 heterocycles. The van der Waals surface area contributed by atoms with Crippen molar-refractivity contribution in [2.24, 2.45) is 5.92 Å². The highest BCUT2D eigenvalue weighted by atomic mass is 16.6. The molecule has 7 heteroatoms. The van der Waals surface area contributed by atoms with Gasteiger partial charge in [-0.2, -0.15) is 0 Å². The molecule has 0 bridgehead atoms. The van der Waals surface area contributed by atoms with E-state index in [0.29, 0.717) is 26.3 Å². The van der Waals surface area contributed by atoms with E-state index in [4.69, 9.17) is 14.2 Å². The van der Waals surface area contributed by atoms with Gasteiger partial charge in [-0.1, -0.05) is 6.07 Å². The molecule has 2 saturated heterocycles. The van der Waals surface area contributed by atoms with Gasteiger partial charge < -0.3 is 24.0 Å². The van der Waals surface area contributed by atoms with E-state index in [0.717, 1.165) is 41.3 Å². The van der Waals surface area contributed by atoms with Crippen LogP contribution >= 0.6 is 0 Å². The number of benzene rings is 2. The Hall–Kier alpha value is -3.22. The van der Waals surface area contributed by atoms with Gasteiger partial charge in [-0.15, -0.1) is 0 Å². The molecule has 31 heavy (non-hydrogen) atoms. The van der Waals surface area contributed by atoms with E-state index < -0.39 is 0 Å². The Bertz CT molecular complexity index is 990. The maximum absolute atomic E-state index is 13.4. The summed E-state index contributed by atoms with van der Waals surface area (Å²) in [6.45, 7) is 2.22. The van der Waals surface area contributed by atoms with Crippen LogP contribution in [0.15, 0.2) is 42.5 Å². The Labute approximate surface area is 181 Å². The van der Waals surface area contributed by atoms with Crippen molar-refractivity contribution in [2.45, 2.75) is 25.3 Å². The van der Waals surface area contributed by atoms with Gasteiger partial charge in [0.1, 0.15) is 19.0 Å². The minimum absolute atomic E-state index is 0.00784. The minimum atomic E-state index is -0.326. The summed E-state index contributed by atoms with van der Waals surface area (Å²) in [5.74, 6) is 1.95. The number of carbonyl (C=O) groups is 2. The molecule has 2 unspecified atom stereocenters. The number of ether oxygens (including phenoxy) is 3. The molecule has 0 saturated carbocycles. The zero-order valence-corrected chi connectivity index (χ0v) is 17.6. The molecule has 2 fully saturated rings. The Morgan fingerprint density at radius 1 is 1.06 bits per heavy atom. The van der Waals surface area contributed by atoms with E-state index in [1.54, 1.807) is 12.0 Å². The van der Waals surface area contributed by atoms with Gasteiger partial charge in [0.2, 0.25) is 11.8 Å². The molecule has 0 N–H and O–H groups in total. The van der Waals surface area contributed by atoms with Crippen LogP contribution in [-0.2, 0) is 9.59 Å². The summed E-state index contributed by atoms with van der Waals surface area (Å²) in [5, 5.41) is 0. The minimum Gasteiger partial charge on any atom is -0.497 e. The third kappa shape index (κ3) is 3.69. The molecule has 0 radical (unpaired) electrons. The van der Waals surface area contributed by atoms with Crippen molar-refractivity contribution < 1.29 is 23.8 Å². The summed E-state index contributed by atoms with van der Waals surface area (Å²) in [6, 6.07) is 13.3. The fourth-order valence-corrected chi connectivity index (χ4v) is 4.76. The number of hydrogen-bond acceptors (Lipinski definition) is 5. The molecule has 7 nitrogen and oxygen atoms in total. The summed E-state index contributed by atoms with van der Waals surface area (Å²) in [7, 11) is 1.61. The van der Waals surface area contributed by atoms with Gasteiger partial charge in [-0.25, -0.2) is 0 Å². The number of fused-ring (bicyclic) bond motifs is 1. The van der Waals surface area contributed by atoms with Crippen molar-refractivity contribution in [3.05, 3.63) is 48.0 Å². The zero-order chi connectivity index (χ0) is 21.4. The fraction of sp³-hybridized carbons (Fsp3) is 0.417. The van der Waals surface area contributed by atoms with Crippen LogP contribution in [-0.4, -0.2) is 50.1 Å². The quantitative estimate of drug-likeness (QED) is 0.757. The molecule has 0 aliphatic carbocycles. The van der Waals surface area contributed by atoms with Gasteiger partial charge in [-0.3, -0.25) is 9.59 Å². The molecule has 5 rings (SSSR count). The number of anilines is 1. The topological polar surface area (TPSA) is 68.3 Å². The monoisotopic (exact) mass is 422 g/mol. The molecular weight excluding hydrogens is 396 g/mol. The third-order valence-corrected chi connectivity index (χ3v) is 6.35. The van der Waals surface area contributed by atoms with Crippen LogP contribution < -0.4 is 19.1 Å². The number of carbonyl (C=O) groups excluding carboxylic acids is 2. The standard InChI is InChI=1S/C24H26N2O5/c1-29-19-7-5-18(6-8-19)26-15-17(14-23(26)27)24(28)25-10-2-3-20(25)16-4-9-21-22(13-16)31-12-11-30-21/h4-9,13,17,20H,2-3,10-12,14-15H2,1H3. The molecule has 3 aliphatic heterocycles. The maximum atomic E-state index is 13.4. The molecule has 0 spiro atoms. The molecular formula is C24H26N2O5. The first-order valence-electron chi connectivity index (χ1n) is 10.8. The normalized spacial score (nSPS) is 22.7. The first-order valence-corrected chi connectivity index (χ1v) is 10.8. The Morgan fingerprint density at radius 3 is 2.61 bits per heavy atom. The molecule has 162 valence electrons. The Morgan fingerprint density at radius 2 is 1.84 bits per heavy atom. The van der Waals surface area contributed by atoms with Crippen LogP contribution in [0.25, 0.3) is 0 Å². The summed E-state index contributed by atoms with van der Waals surface area (Å²) in [5.41, 5.74) is 1.86. The van der Waals surface area contributed by atoms with Crippen LogP contribution in [0.4, 0.5) is 5.69 Å². The summed E-state index contributed by atoms with van der Waals surface area (Å²) < 4.78 is 16.5.